The minimum atomic E-state index is -0.382. The van der Waals surface area contributed by atoms with E-state index < -0.39 is 0 Å². The molecule has 1 saturated heterocycles. The SMILES string of the molecule is COC(=O)N1CCC[C@@H](C(=O)Nc2nc(-c3cccn3C)cs2)C1. The molecule has 1 atom stereocenters. The molecule has 0 aromatic carbocycles. The van der Waals surface area contributed by atoms with Gasteiger partial charge in [-0.15, -0.1) is 11.3 Å². The Morgan fingerprint density at radius 1 is 1.46 bits per heavy atom. The van der Waals surface area contributed by atoms with Gasteiger partial charge in [-0.1, -0.05) is 0 Å². The number of methoxy groups -OCH3 is 1. The van der Waals surface area contributed by atoms with Gasteiger partial charge in [0.25, 0.3) is 0 Å². The molecule has 0 bridgehead atoms. The maximum Gasteiger partial charge on any atom is 0.409 e. The first-order valence-corrected chi connectivity index (χ1v) is 8.67. The van der Waals surface area contributed by atoms with Crippen LogP contribution in [-0.4, -0.2) is 46.7 Å². The summed E-state index contributed by atoms with van der Waals surface area (Å²) in [6.45, 7) is 1.01. The normalized spacial score (nSPS) is 17.6. The molecule has 1 aliphatic rings. The minimum absolute atomic E-state index is 0.101. The van der Waals surface area contributed by atoms with E-state index in [1.165, 1.54) is 18.4 Å². The molecule has 0 radical (unpaired) electrons. The third-order valence-corrected chi connectivity index (χ3v) is 4.92. The van der Waals surface area contributed by atoms with Gasteiger partial charge in [0, 0.05) is 31.7 Å². The molecule has 3 heterocycles. The molecule has 0 aliphatic carbocycles. The number of aryl methyl sites for hydroxylation is 1. The van der Waals surface area contributed by atoms with Crippen molar-refractivity contribution in [1.29, 1.82) is 0 Å². The first-order valence-electron chi connectivity index (χ1n) is 7.79. The Morgan fingerprint density at radius 2 is 2.29 bits per heavy atom. The number of carbonyl (C=O) groups excluding carboxylic acids is 2. The fourth-order valence-electron chi connectivity index (χ4n) is 2.87. The van der Waals surface area contributed by atoms with Crippen molar-refractivity contribution in [3.63, 3.8) is 0 Å². The summed E-state index contributed by atoms with van der Waals surface area (Å²) in [7, 11) is 3.31. The van der Waals surface area contributed by atoms with Crippen molar-refractivity contribution in [2.75, 3.05) is 25.5 Å². The molecule has 0 spiro atoms. The quantitative estimate of drug-likeness (QED) is 0.925. The zero-order chi connectivity index (χ0) is 17.1. The van der Waals surface area contributed by atoms with Gasteiger partial charge in [-0.3, -0.25) is 4.79 Å². The van der Waals surface area contributed by atoms with Crippen LogP contribution in [0.4, 0.5) is 9.93 Å². The summed E-state index contributed by atoms with van der Waals surface area (Å²) in [6.07, 6.45) is 3.12. The van der Waals surface area contributed by atoms with E-state index in [1.807, 2.05) is 35.3 Å². The smallest absolute Gasteiger partial charge is 0.409 e. The molecule has 24 heavy (non-hydrogen) atoms. The van der Waals surface area contributed by atoms with Crippen LogP contribution in [-0.2, 0) is 16.6 Å². The van der Waals surface area contributed by atoms with Gasteiger partial charge in [0.2, 0.25) is 5.91 Å². The molecule has 7 nitrogen and oxygen atoms in total. The topological polar surface area (TPSA) is 76.5 Å². The molecular weight excluding hydrogens is 328 g/mol. The van der Waals surface area contributed by atoms with Crippen molar-refractivity contribution in [2.24, 2.45) is 13.0 Å². The monoisotopic (exact) mass is 348 g/mol. The lowest BCUT2D eigenvalue weighted by Gasteiger charge is -2.30. The Bertz CT molecular complexity index is 739. The van der Waals surface area contributed by atoms with E-state index >= 15 is 0 Å². The minimum Gasteiger partial charge on any atom is -0.453 e. The summed E-state index contributed by atoms with van der Waals surface area (Å²) in [5.74, 6) is -0.336. The molecule has 8 heteroatoms. The first-order chi connectivity index (χ1) is 11.6. The van der Waals surface area contributed by atoms with Crippen molar-refractivity contribution >= 4 is 28.5 Å². The highest BCUT2D eigenvalue weighted by Crippen LogP contribution is 2.26. The summed E-state index contributed by atoms with van der Waals surface area (Å²) < 4.78 is 6.72. The van der Waals surface area contributed by atoms with Crippen molar-refractivity contribution in [2.45, 2.75) is 12.8 Å². The number of piperidine rings is 1. The second-order valence-corrected chi connectivity index (χ2v) is 6.64. The molecule has 0 unspecified atom stereocenters. The van der Waals surface area contributed by atoms with Crippen LogP contribution in [0.5, 0.6) is 0 Å². The van der Waals surface area contributed by atoms with Gasteiger partial charge in [0.05, 0.1) is 24.4 Å². The van der Waals surface area contributed by atoms with Gasteiger partial charge in [-0.2, -0.15) is 0 Å². The van der Waals surface area contributed by atoms with Crippen molar-refractivity contribution < 1.29 is 14.3 Å². The Labute approximate surface area is 144 Å². The molecule has 3 rings (SSSR count). The number of nitrogens with zero attached hydrogens (tertiary/aromatic N) is 3. The number of rotatable bonds is 3. The molecule has 1 aliphatic heterocycles. The molecule has 0 saturated carbocycles. The van der Waals surface area contributed by atoms with E-state index in [1.54, 1.807) is 4.90 Å². The number of anilines is 1. The molecule has 2 aromatic rings. The summed E-state index contributed by atoms with van der Waals surface area (Å²) in [5, 5.41) is 5.37. The van der Waals surface area contributed by atoms with Crippen LogP contribution >= 0.6 is 11.3 Å². The van der Waals surface area contributed by atoms with E-state index in [9.17, 15) is 9.59 Å². The van der Waals surface area contributed by atoms with Crippen LogP contribution in [0.25, 0.3) is 11.4 Å². The number of hydrogen-bond donors (Lipinski definition) is 1. The fraction of sp³-hybridized carbons (Fsp3) is 0.438. The molecule has 128 valence electrons. The molecule has 2 amide bonds. The summed E-state index contributed by atoms with van der Waals surface area (Å²) in [6, 6.07) is 3.94. The van der Waals surface area contributed by atoms with Gasteiger partial charge in [-0.25, -0.2) is 9.78 Å². The molecule has 1 N–H and O–H groups in total. The number of thiazole rings is 1. The predicted octanol–water partition coefficient (Wildman–Crippen LogP) is 2.57. The van der Waals surface area contributed by atoms with E-state index in [2.05, 4.69) is 10.3 Å². The highest BCUT2D eigenvalue weighted by atomic mass is 32.1. The van der Waals surface area contributed by atoms with Gasteiger partial charge in [0.1, 0.15) is 0 Å². The van der Waals surface area contributed by atoms with Gasteiger partial charge < -0.3 is 19.5 Å². The van der Waals surface area contributed by atoms with Gasteiger partial charge in [-0.05, 0) is 25.0 Å². The first kappa shape index (κ1) is 16.5. The fourth-order valence-corrected chi connectivity index (χ4v) is 3.58. The second-order valence-electron chi connectivity index (χ2n) is 5.79. The number of hydrogen-bond acceptors (Lipinski definition) is 5. The second kappa shape index (κ2) is 7.04. The number of ether oxygens (including phenoxy) is 1. The van der Waals surface area contributed by atoms with E-state index in [-0.39, 0.29) is 17.9 Å². The van der Waals surface area contributed by atoms with E-state index in [0.717, 1.165) is 24.2 Å². The molecule has 2 aromatic heterocycles. The van der Waals surface area contributed by atoms with E-state index in [0.29, 0.717) is 18.2 Å². The van der Waals surface area contributed by atoms with Crippen LogP contribution in [0.3, 0.4) is 0 Å². The Balaban J connectivity index is 1.64. The molecule has 1 fully saturated rings. The number of amides is 2. The van der Waals surface area contributed by atoms with Crippen molar-refractivity contribution in [3.8, 4) is 11.4 Å². The van der Waals surface area contributed by atoms with Crippen LogP contribution in [0.2, 0.25) is 0 Å². The highest BCUT2D eigenvalue weighted by molar-refractivity contribution is 7.14. The largest absolute Gasteiger partial charge is 0.453 e. The Hall–Kier alpha value is -2.35. The Morgan fingerprint density at radius 3 is 3.00 bits per heavy atom. The Kier molecular flexibility index (Phi) is 4.84. The third kappa shape index (κ3) is 3.43. The van der Waals surface area contributed by atoms with Crippen LogP contribution in [0, 0.1) is 5.92 Å². The van der Waals surface area contributed by atoms with Crippen molar-refractivity contribution in [3.05, 3.63) is 23.7 Å². The lowest BCUT2D eigenvalue weighted by Crippen LogP contribution is -2.43. The summed E-state index contributed by atoms with van der Waals surface area (Å²) >= 11 is 1.40. The summed E-state index contributed by atoms with van der Waals surface area (Å²) in [4.78, 5) is 30.1. The number of carbonyl (C=O) groups is 2. The zero-order valence-electron chi connectivity index (χ0n) is 13.7. The van der Waals surface area contributed by atoms with Crippen molar-refractivity contribution in [1.82, 2.24) is 14.5 Å². The zero-order valence-corrected chi connectivity index (χ0v) is 14.5. The third-order valence-electron chi connectivity index (χ3n) is 4.17. The maximum absolute atomic E-state index is 12.5. The number of nitrogens with one attached hydrogen (secondary N) is 1. The predicted molar refractivity (Wildman–Crippen MR) is 91.9 cm³/mol. The average molecular weight is 348 g/mol. The van der Waals surface area contributed by atoms with Crippen LogP contribution in [0.1, 0.15) is 12.8 Å². The standard InChI is InChI=1S/C16H20N4O3S/c1-19-7-4-6-13(19)12-10-24-15(17-12)18-14(21)11-5-3-8-20(9-11)16(22)23-2/h4,6-7,10-11H,3,5,8-9H2,1-2H3,(H,17,18,21)/t11-/m1/s1. The lowest BCUT2D eigenvalue weighted by molar-refractivity contribution is -0.121. The van der Waals surface area contributed by atoms with Gasteiger partial charge >= 0.3 is 6.09 Å². The number of likely N-dealkylation sites (tertiary alicyclic amines) is 1. The van der Waals surface area contributed by atoms with Crippen LogP contribution in [0.15, 0.2) is 23.7 Å². The average Bonchev–Trinajstić information content (AvgIpc) is 3.22. The summed E-state index contributed by atoms with van der Waals surface area (Å²) in [5.41, 5.74) is 1.84. The highest BCUT2D eigenvalue weighted by Gasteiger charge is 2.29. The van der Waals surface area contributed by atoms with Crippen LogP contribution < -0.4 is 5.32 Å². The lowest BCUT2D eigenvalue weighted by atomic mass is 9.97. The van der Waals surface area contributed by atoms with E-state index in [4.69, 9.17) is 4.74 Å². The maximum atomic E-state index is 12.5. The number of aromatic nitrogens is 2. The molecular formula is C16H20N4O3S. The van der Waals surface area contributed by atoms with Gasteiger partial charge in [0.15, 0.2) is 5.13 Å².